The van der Waals surface area contributed by atoms with E-state index in [0.29, 0.717) is 12.0 Å². The highest BCUT2D eigenvalue weighted by Crippen LogP contribution is 2.44. The maximum atomic E-state index is 12.4. The van der Waals surface area contributed by atoms with Gasteiger partial charge in [0, 0.05) is 22.0 Å². The molecule has 0 N–H and O–H groups in total. The maximum Gasteiger partial charge on any atom is 0.387 e. The summed E-state index contributed by atoms with van der Waals surface area (Å²) in [5.74, 6) is 0.181. The fraction of sp³-hybridized carbons (Fsp3) is 0.154. The second-order valence-electron chi connectivity index (χ2n) is 3.92. The third-order valence-electron chi connectivity index (χ3n) is 2.83. The summed E-state index contributed by atoms with van der Waals surface area (Å²) in [6.07, 6.45) is 3.99. The zero-order valence-electron chi connectivity index (χ0n) is 9.16. The van der Waals surface area contributed by atoms with E-state index in [9.17, 15) is 8.78 Å². The van der Waals surface area contributed by atoms with Crippen LogP contribution in [0.4, 0.5) is 14.5 Å². The van der Waals surface area contributed by atoms with Gasteiger partial charge in [-0.15, -0.1) is 0 Å². The van der Waals surface area contributed by atoms with Crippen LogP contribution in [0.2, 0.25) is 0 Å². The number of ether oxygens (including phenoxy) is 1. The molecule has 1 aromatic rings. The van der Waals surface area contributed by atoms with Crippen molar-refractivity contribution in [1.29, 1.82) is 0 Å². The number of nitrogens with zero attached hydrogens (tertiary/aromatic N) is 1. The number of aliphatic imine (C=N–C) groups is 1. The standard InChI is InChI=1S/C13H8BrF2NO/c14-7-3-1-4-8-11(7)12-9(17-8)5-2-6-10(12)18-13(15)16/h1-4,6,13H,5H2. The molecule has 0 bridgehead atoms. The first kappa shape index (κ1) is 11.6. The van der Waals surface area contributed by atoms with Crippen LogP contribution in [0, 0.1) is 0 Å². The summed E-state index contributed by atoms with van der Waals surface area (Å²) in [7, 11) is 0. The SMILES string of the molecule is FC(F)OC1=C2C(=Nc3cccc(Br)c32)CC=C1. The van der Waals surface area contributed by atoms with Crippen molar-refractivity contribution in [3.63, 3.8) is 0 Å². The molecule has 0 radical (unpaired) electrons. The maximum absolute atomic E-state index is 12.4. The number of alkyl halides is 2. The molecule has 0 amide bonds. The summed E-state index contributed by atoms with van der Waals surface area (Å²) in [5.41, 5.74) is 3.05. The van der Waals surface area contributed by atoms with Gasteiger partial charge in [-0.1, -0.05) is 28.1 Å². The van der Waals surface area contributed by atoms with Gasteiger partial charge in [0.2, 0.25) is 0 Å². The lowest BCUT2D eigenvalue weighted by molar-refractivity contribution is -0.0913. The van der Waals surface area contributed by atoms with E-state index in [4.69, 9.17) is 0 Å². The lowest BCUT2D eigenvalue weighted by Crippen LogP contribution is -2.08. The molecule has 2 aliphatic rings. The van der Waals surface area contributed by atoms with Gasteiger partial charge < -0.3 is 4.74 Å². The van der Waals surface area contributed by atoms with Crippen LogP contribution in [0.3, 0.4) is 0 Å². The Morgan fingerprint density at radius 1 is 1.33 bits per heavy atom. The second kappa shape index (κ2) is 4.31. The largest absolute Gasteiger partial charge is 0.434 e. The monoisotopic (exact) mass is 311 g/mol. The molecule has 1 heterocycles. The Bertz CT molecular complexity index is 605. The summed E-state index contributed by atoms with van der Waals surface area (Å²) >= 11 is 3.43. The average Bonchev–Trinajstić information content (AvgIpc) is 2.69. The molecule has 0 saturated carbocycles. The molecule has 3 rings (SSSR count). The normalized spacial score (nSPS) is 16.8. The highest BCUT2D eigenvalue weighted by atomic mass is 79.9. The lowest BCUT2D eigenvalue weighted by Gasteiger charge is -2.15. The van der Waals surface area contributed by atoms with E-state index in [0.717, 1.165) is 21.4 Å². The lowest BCUT2D eigenvalue weighted by atomic mass is 9.96. The number of fused-ring (bicyclic) bond motifs is 3. The van der Waals surface area contributed by atoms with Crippen molar-refractivity contribution >= 4 is 32.9 Å². The molecule has 0 saturated heterocycles. The second-order valence-corrected chi connectivity index (χ2v) is 4.77. The first-order valence-electron chi connectivity index (χ1n) is 5.39. The Labute approximate surface area is 111 Å². The average molecular weight is 312 g/mol. The van der Waals surface area contributed by atoms with Gasteiger partial charge in [0.25, 0.3) is 0 Å². The number of rotatable bonds is 2. The van der Waals surface area contributed by atoms with Gasteiger partial charge in [-0.25, -0.2) is 0 Å². The molecule has 5 heteroatoms. The Hall–Kier alpha value is -1.49. The van der Waals surface area contributed by atoms with E-state index < -0.39 is 6.61 Å². The van der Waals surface area contributed by atoms with Crippen molar-refractivity contribution in [2.24, 2.45) is 4.99 Å². The summed E-state index contributed by atoms with van der Waals surface area (Å²) in [4.78, 5) is 4.44. The van der Waals surface area contributed by atoms with Crippen LogP contribution in [0.5, 0.6) is 0 Å². The minimum Gasteiger partial charge on any atom is -0.434 e. The van der Waals surface area contributed by atoms with Gasteiger partial charge >= 0.3 is 6.61 Å². The van der Waals surface area contributed by atoms with E-state index >= 15 is 0 Å². The molecule has 18 heavy (non-hydrogen) atoms. The fourth-order valence-electron chi connectivity index (χ4n) is 2.17. The molecule has 92 valence electrons. The Balaban J connectivity index is 2.19. The van der Waals surface area contributed by atoms with Gasteiger partial charge in [-0.2, -0.15) is 8.78 Å². The Morgan fingerprint density at radius 3 is 2.94 bits per heavy atom. The molecule has 1 aromatic carbocycles. The van der Waals surface area contributed by atoms with Gasteiger partial charge in [-0.05, 0) is 18.2 Å². The highest BCUT2D eigenvalue weighted by Gasteiger charge is 2.28. The third-order valence-corrected chi connectivity index (χ3v) is 3.49. The van der Waals surface area contributed by atoms with Crippen molar-refractivity contribution in [2.75, 3.05) is 0 Å². The third kappa shape index (κ3) is 1.79. The van der Waals surface area contributed by atoms with Gasteiger partial charge in [0.05, 0.1) is 11.4 Å². The van der Waals surface area contributed by atoms with Crippen LogP contribution in [-0.2, 0) is 4.74 Å². The first-order valence-corrected chi connectivity index (χ1v) is 6.18. The van der Waals surface area contributed by atoms with Gasteiger partial charge in [-0.3, -0.25) is 4.99 Å². The molecule has 0 unspecified atom stereocenters. The number of benzene rings is 1. The fourth-order valence-corrected chi connectivity index (χ4v) is 2.72. The van der Waals surface area contributed by atoms with Crippen LogP contribution in [0.15, 0.2) is 45.6 Å². The molecular formula is C13H8BrF2NO. The first-order chi connectivity index (χ1) is 8.66. The highest BCUT2D eigenvalue weighted by molar-refractivity contribution is 9.10. The minimum atomic E-state index is -2.83. The Morgan fingerprint density at radius 2 is 2.17 bits per heavy atom. The van der Waals surface area contributed by atoms with Crippen LogP contribution < -0.4 is 0 Å². The van der Waals surface area contributed by atoms with Crippen molar-refractivity contribution in [1.82, 2.24) is 0 Å². The van der Waals surface area contributed by atoms with Crippen LogP contribution in [0.25, 0.3) is 5.57 Å². The summed E-state index contributed by atoms with van der Waals surface area (Å²) < 4.78 is 30.2. The van der Waals surface area contributed by atoms with E-state index in [1.54, 1.807) is 12.2 Å². The van der Waals surface area contributed by atoms with Crippen LogP contribution >= 0.6 is 15.9 Å². The minimum absolute atomic E-state index is 0.181. The van der Waals surface area contributed by atoms with Crippen LogP contribution in [-0.4, -0.2) is 12.3 Å². The van der Waals surface area contributed by atoms with E-state index in [1.165, 1.54) is 0 Å². The summed E-state index contributed by atoms with van der Waals surface area (Å²) in [5, 5.41) is 0. The van der Waals surface area contributed by atoms with Crippen molar-refractivity contribution in [3.05, 3.63) is 46.1 Å². The number of halogens is 3. The zero-order valence-corrected chi connectivity index (χ0v) is 10.7. The predicted molar refractivity (Wildman–Crippen MR) is 69.0 cm³/mol. The number of hydrogen-bond acceptors (Lipinski definition) is 2. The van der Waals surface area contributed by atoms with Gasteiger partial charge in [0.15, 0.2) is 0 Å². The number of hydrogen-bond donors (Lipinski definition) is 0. The Kier molecular flexibility index (Phi) is 2.78. The van der Waals surface area contributed by atoms with E-state index in [-0.39, 0.29) is 5.76 Å². The van der Waals surface area contributed by atoms with Crippen molar-refractivity contribution < 1.29 is 13.5 Å². The topological polar surface area (TPSA) is 21.6 Å². The van der Waals surface area contributed by atoms with Gasteiger partial charge in [0.1, 0.15) is 5.76 Å². The molecule has 1 aliphatic heterocycles. The zero-order chi connectivity index (χ0) is 12.7. The molecule has 0 aromatic heterocycles. The molecule has 0 atom stereocenters. The summed E-state index contributed by atoms with van der Waals surface area (Å²) in [6, 6.07) is 5.59. The van der Waals surface area contributed by atoms with E-state index in [2.05, 4.69) is 25.7 Å². The quantitative estimate of drug-likeness (QED) is 0.791. The molecule has 0 fully saturated rings. The molecule has 1 aliphatic carbocycles. The predicted octanol–water partition coefficient (Wildman–Crippen LogP) is 4.45. The molecular weight excluding hydrogens is 304 g/mol. The summed E-state index contributed by atoms with van der Waals surface area (Å²) in [6.45, 7) is -2.83. The van der Waals surface area contributed by atoms with E-state index in [1.807, 2.05) is 18.2 Å². The molecule has 0 spiro atoms. The smallest absolute Gasteiger partial charge is 0.387 e. The van der Waals surface area contributed by atoms with Crippen LogP contribution in [0.1, 0.15) is 12.0 Å². The van der Waals surface area contributed by atoms with Crippen molar-refractivity contribution in [3.8, 4) is 0 Å². The van der Waals surface area contributed by atoms with Crippen molar-refractivity contribution in [2.45, 2.75) is 13.0 Å². The number of allylic oxidation sites excluding steroid dienone is 3. The molecule has 2 nitrogen and oxygen atoms in total.